The van der Waals surface area contributed by atoms with Crippen LogP contribution in [0.1, 0.15) is 6.92 Å². The Morgan fingerprint density at radius 1 is 1.38 bits per heavy atom. The fourth-order valence-electron chi connectivity index (χ4n) is 4.91. The molecule has 0 saturated carbocycles. The van der Waals surface area contributed by atoms with E-state index in [4.69, 9.17) is 15.2 Å². The zero-order chi connectivity index (χ0) is 21.1. The molecule has 29 heavy (non-hydrogen) atoms. The minimum atomic E-state index is -0.949. The van der Waals surface area contributed by atoms with Crippen LogP contribution >= 0.6 is 0 Å². The van der Waals surface area contributed by atoms with Gasteiger partial charge in [-0.2, -0.15) is 0 Å². The van der Waals surface area contributed by atoms with E-state index >= 15 is 0 Å². The minimum absolute atomic E-state index is 0.0503. The predicted molar refractivity (Wildman–Crippen MR) is 102 cm³/mol. The predicted octanol–water partition coefficient (Wildman–Crippen LogP) is -1.46. The van der Waals surface area contributed by atoms with Gasteiger partial charge in [-0.25, -0.2) is 4.79 Å². The Kier molecular flexibility index (Phi) is 4.67. The van der Waals surface area contributed by atoms with Gasteiger partial charge in [0.25, 0.3) is 0 Å². The van der Waals surface area contributed by atoms with E-state index < -0.39 is 17.7 Å². The maximum atomic E-state index is 13.5. The van der Waals surface area contributed by atoms with Crippen molar-refractivity contribution in [2.75, 3.05) is 47.4 Å². The highest BCUT2D eigenvalue weighted by molar-refractivity contribution is 6.25. The lowest BCUT2D eigenvalue weighted by atomic mass is 9.82. The second-order valence-electron chi connectivity index (χ2n) is 8.15. The number of hydrogen-bond donors (Lipinski definition) is 3. The Hall–Kier alpha value is -2.43. The third-order valence-electron chi connectivity index (χ3n) is 6.29. The first kappa shape index (κ1) is 19.9. The molecule has 0 spiro atoms. The van der Waals surface area contributed by atoms with Crippen LogP contribution in [-0.4, -0.2) is 92.7 Å². The van der Waals surface area contributed by atoms with Crippen LogP contribution in [-0.2, 0) is 19.1 Å². The van der Waals surface area contributed by atoms with Crippen LogP contribution in [0.5, 0.6) is 0 Å². The standard InChI is InChI=1S/C19H27N5O5/c1-9-13(21-5-6-23(2)3)16(26)12-10(8-29-18(20)27)19(28-4)17-11(22-17)7-24(19)14(12)15(9)25/h10-11,17,21-22H,5-8H2,1-4H3,(H2,20,27)/t10-,11+,17+,19-/m1/s1. The third kappa shape index (κ3) is 2.77. The molecule has 4 atom stereocenters. The Morgan fingerprint density at radius 3 is 2.72 bits per heavy atom. The molecule has 1 aliphatic carbocycles. The van der Waals surface area contributed by atoms with Gasteiger partial charge in [-0.15, -0.1) is 0 Å². The van der Waals surface area contributed by atoms with E-state index in [-0.39, 0.29) is 30.3 Å². The van der Waals surface area contributed by atoms with Crippen molar-refractivity contribution in [3.05, 3.63) is 22.5 Å². The van der Waals surface area contributed by atoms with Crippen molar-refractivity contribution >= 4 is 17.7 Å². The van der Waals surface area contributed by atoms with E-state index in [9.17, 15) is 14.4 Å². The third-order valence-corrected chi connectivity index (χ3v) is 6.29. The summed E-state index contributed by atoms with van der Waals surface area (Å²) in [6.07, 6.45) is -0.930. The number of ketones is 2. The van der Waals surface area contributed by atoms with Gasteiger partial charge >= 0.3 is 6.09 Å². The number of ether oxygens (including phenoxy) is 2. The van der Waals surface area contributed by atoms with E-state index in [1.165, 1.54) is 0 Å². The molecule has 2 saturated heterocycles. The average Bonchev–Trinajstić information content (AvgIpc) is 3.27. The summed E-state index contributed by atoms with van der Waals surface area (Å²) in [6.45, 7) is 3.32. The van der Waals surface area contributed by atoms with Crippen LogP contribution in [0.4, 0.5) is 4.79 Å². The Bertz CT molecular complexity index is 850. The van der Waals surface area contributed by atoms with Crippen molar-refractivity contribution in [3.63, 3.8) is 0 Å². The molecule has 0 aromatic heterocycles. The van der Waals surface area contributed by atoms with Crippen molar-refractivity contribution in [3.8, 4) is 0 Å². The fourth-order valence-corrected chi connectivity index (χ4v) is 4.91. The number of Topliss-reactive ketones (excluding diaryl/α,β-unsaturated/α-hetero) is 2. The molecule has 0 radical (unpaired) electrons. The largest absolute Gasteiger partial charge is 0.449 e. The van der Waals surface area contributed by atoms with Gasteiger partial charge in [0.1, 0.15) is 6.61 Å². The van der Waals surface area contributed by atoms with Gasteiger partial charge in [-0.05, 0) is 21.0 Å². The Labute approximate surface area is 169 Å². The van der Waals surface area contributed by atoms with Crippen LogP contribution in [0.25, 0.3) is 0 Å². The van der Waals surface area contributed by atoms with Crippen molar-refractivity contribution < 1.29 is 23.9 Å². The molecule has 10 heteroatoms. The number of allylic oxidation sites excluding steroid dienone is 2. The van der Waals surface area contributed by atoms with Crippen LogP contribution in [0.3, 0.4) is 0 Å². The average molecular weight is 405 g/mol. The highest BCUT2D eigenvalue weighted by atomic mass is 16.6. The number of nitrogens with zero attached hydrogens (tertiary/aromatic N) is 2. The summed E-state index contributed by atoms with van der Waals surface area (Å²) >= 11 is 0. The molecule has 0 aromatic rings. The highest BCUT2D eigenvalue weighted by Crippen LogP contribution is 2.55. The zero-order valence-corrected chi connectivity index (χ0v) is 17.1. The molecule has 10 nitrogen and oxygen atoms in total. The van der Waals surface area contributed by atoms with Gasteiger partial charge in [-0.1, -0.05) is 0 Å². The highest BCUT2D eigenvalue weighted by Gasteiger charge is 2.72. The number of hydrogen-bond acceptors (Lipinski definition) is 9. The first-order chi connectivity index (χ1) is 13.7. The molecular formula is C19H27N5O5. The van der Waals surface area contributed by atoms with E-state index in [0.29, 0.717) is 42.2 Å². The molecule has 4 rings (SSSR count). The molecule has 4 aliphatic rings. The lowest BCUT2D eigenvalue weighted by Crippen LogP contribution is -2.55. The number of fused-ring (bicyclic) bond motifs is 4. The molecule has 158 valence electrons. The molecule has 2 fully saturated rings. The van der Waals surface area contributed by atoms with Crippen molar-refractivity contribution in [2.24, 2.45) is 11.7 Å². The molecule has 1 amide bonds. The molecular weight excluding hydrogens is 378 g/mol. The molecule has 0 bridgehead atoms. The Balaban J connectivity index is 1.71. The van der Waals surface area contributed by atoms with E-state index in [1.54, 1.807) is 14.0 Å². The molecule has 3 heterocycles. The second-order valence-corrected chi connectivity index (χ2v) is 8.15. The molecule has 0 aromatic carbocycles. The second kappa shape index (κ2) is 6.82. The number of nitrogens with two attached hydrogens (primary N) is 1. The number of nitrogens with one attached hydrogen (secondary N) is 2. The number of piperazine rings is 1. The number of carbonyl (C=O) groups excluding carboxylic acids is 3. The van der Waals surface area contributed by atoms with E-state index in [2.05, 4.69) is 10.6 Å². The summed E-state index contributed by atoms with van der Waals surface area (Å²) in [7, 11) is 5.42. The van der Waals surface area contributed by atoms with Gasteiger partial charge in [-0.3, -0.25) is 9.59 Å². The van der Waals surface area contributed by atoms with Crippen LogP contribution < -0.4 is 16.4 Å². The lowest BCUT2D eigenvalue weighted by molar-refractivity contribution is -0.137. The number of methoxy groups -OCH3 is 1. The molecule has 4 N–H and O–H groups in total. The van der Waals surface area contributed by atoms with Crippen molar-refractivity contribution in [2.45, 2.75) is 24.7 Å². The van der Waals surface area contributed by atoms with Gasteiger partial charge in [0, 0.05) is 43.9 Å². The summed E-state index contributed by atoms with van der Waals surface area (Å²) in [6, 6.07) is 0.123. The van der Waals surface area contributed by atoms with E-state index in [1.807, 2.05) is 23.9 Å². The minimum Gasteiger partial charge on any atom is -0.449 e. The maximum absolute atomic E-state index is 13.5. The molecule has 3 aliphatic heterocycles. The summed E-state index contributed by atoms with van der Waals surface area (Å²) in [4.78, 5) is 41.9. The number of carbonyl (C=O) groups is 3. The van der Waals surface area contributed by atoms with Gasteiger partial charge in [0.05, 0.1) is 23.4 Å². The summed E-state index contributed by atoms with van der Waals surface area (Å²) in [5, 5.41) is 6.46. The summed E-state index contributed by atoms with van der Waals surface area (Å²) in [5.74, 6) is -1.07. The normalized spacial score (nSPS) is 32.6. The SMILES string of the molecule is CO[C@@]12[C@H](COC(N)=O)C3=C(C(=O)C(C)=C(NCCN(C)C)C3=O)N1C[C@@H]1N[C@@H]12. The first-order valence-electron chi connectivity index (χ1n) is 9.68. The topological polar surface area (TPSA) is 136 Å². The lowest BCUT2D eigenvalue weighted by Gasteiger charge is -2.39. The molecule has 0 unspecified atom stereocenters. The smallest absolute Gasteiger partial charge is 0.404 e. The summed E-state index contributed by atoms with van der Waals surface area (Å²) in [5.41, 5.74) is 5.62. The number of primary amides is 1. The first-order valence-corrected chi connectivity index (χ1v) is 9.68. The van der Waals surface area contributed by atoms with Gasteiger partial charge in [0.15, 0.2) is 5.72 Å². The maximum Gasteiger partial charge on any atom is 0.404 e. The van der Waals surface area contributed by atoms with Crippen molar-refractivity contribution in [1.29, 1.82) is 0 Å². The van der Waals surface area contributed by atoms with Crippen LogP contribution in [0.2, 0.25) is 0 Å². The Morgan fingerprint density at radius 2 is 2.10 bits per heavy atom. The monoisotopic (exact) mass is 405 g/mol. The number of amides is 1. The van der Waals surface area contributed by atoms with Crippen molar-refractivity contribution in [1.82, 2.24) is 20.4 Å². The van der Waals surface area contributed by atoms with E-state index in [0.717, 1.165) is 0 Å². The fraction of sp³-hybridized carbons (Fsp3) is 0.632. The zero-order valence-electron chi connectivity index (χ0n) is 17.1. The van der Waals surface area contributed by atoms with Gasteiger partial charge < -0.3 is 35.6 Å². The quantitative estimate of drug-likeness (QED) is 0.343. The van der Waals surface area contributed by atoms with Crippen LogP contribution in [0.15, 0.2) is 22.5 Å². The number of likely N-dealkylation sites (N-methyl/N-ethyl adjacent to an activating group) is 1. The number of rotatable bonds is 7. The van der Waals surface area contributed by atoms with Crippen LogP contribution in [0, 0.1) is 5.92 Å². The van der Waals surface area contributed by atoms with Gasteiger partial charge in [0.2, 0.25) is 11.6 Å². The summed E-state index contributed by atoms with van der Waals surface area (Å²) < 4.78 is 11.0.